The van der Waals surface area contributed by atoms with Crippen molar-refractivity contribution in [2.45, 2.75) is 13.0 Å². The molecule has 0 aliphatic rings. The standard InChI is InChI=1S/C10H11BrFNO2.ClH/c1-5-3-6(11)4-7(8(5)12)9(13)10(14)15-2;/h3-4,9H,13H2,1-2H3;1H/t9-;/m1./s1. The summed E-state index contributed by atoms with van der Waals surface area (Å²) in [7, 11) is 1.21. The van der Waals surface area contributed by atoms with E-state index in [0.717, 1.165) is 0 Å². The Morgan fingerprint density at radius 2 is 2.12 bits per heavy atom. The van der Waals surface area contributed by atoms with Gasteiger partial charge in [0.2, 0.25) is 0 Å². The van der Waals surface area contributed by atoms with Crippen LogP contribution in [-0.2, 0) is 9.53 Å². The Morgan fingerprint density at radius 3 is 2.62 bits per heavy atom. The van der Waals surface area contributed by atoms with Crippen molar-refractivity contribution in [3.8, 4) is 0 Å². The van der Waals surface area contributed by atoms with Crippen LogP contribution in [-0.4, -0.2) is 13.1 Å². The van der Waals surface area contributed by atoms with Crippen molar-refractivity contribution >= 4 is 34.3 Å². The molecule has 2 N–H and O–H groups in total. The molecule has 0 fully saturated rings. The normalized spacial score (nSPS) is 11.6. The summed E-state index contributed by atoms with van der Waals surface area (Å²) in [6.07, 6.45) is 0. The number of aryl methyl sites for hydroxylation is 1. The van der Waals surface area contributed by atoms with Crippen molar-refractivity contribution in [3.63, 3.8) is 0 Å². The Morgan fingerprint density at radius 1 is 1.56 bits per heavy atom. The highest BCUT2D eigenvalue weighted by atomic mass is 79.9. The van der Waals surface area contributed by atoms with Gasteiger partial charge in [0.1, 0.15) is 11.9 Å². The highest BCUT2D eigenvalue weighted by Crippen LogP contribution is 2.24. The molecule has 0 radical (unpaired) electrons. The lowest BCUT2D eigenvalue weighted by Gasteiger charge is -2.12. The second kappa shape index (κ2) is 6.18. The van der Waals surface area contributed by atoms with Crippen LogP contribution in [0.1, 0.15) is 17.2 Å². The van der Waals surface area contributed by atoms with Crippen molar-refractivity contribution in [1.29, 1.82) is 0 Å². The van der Waals surface area contributed by atoms with Gasteiger partial charge in [0.05, 0.1) is 7.11 Å². The van der Waals surface area contributed by atoms with E-state index in [1.54, 1.807) is 13.0 Å². The molecule has 0 aromatic heterocycles. The third-order valence-electron chi connectivity index (χ3n) is 2.04. The van der Waals surface area contributed by atoms with Crippen molar-refractivity contribution in [3.05, 3.63) is 33.5 Å². The highest BCUT2D eigenvalue weighted by molar-refractivity contribution is 9.10. The first-order chi connectivity index (χ1) is 6.97. The number of rotatable bonds is 2. The number of esters is 1. The lowest BCUT2D eigenvalue weighted by atomic mass is 10.0. The maximum absolute atomic E-state index is 13.6. The Kier molecular flexibility index (Phi) is 5.92. The zero-order valence-corrected chi connectivity index (χ0v) is 11.2. The Balaban J connectivity index is 0.00000225. The quantitative estimate of drug-likeness (QED) is 0.854. The van der Waals surface area contributed by atoms with E-state index >= 15 is 0 Å². The summed E-state index contributed by atoms with van der Waals surface area (Å²) >= 11 is 3.21. The van der Waals surface area contributed by atoms with Gasteiger partial charge < -0.3 is 10.5 Å². The van der Waals surface area contributed by atoms with Gasteiger partial charge in [-0.05, 0) is 24.6 Å². The Bertz CT molecular complexity index is 401. The number of halogens is 3. The third-order valence-corrected chi connectivity index (χ3v) is 2.50. The van der Waals surface area contributed by atoms with Gasteiger partial charge in [0.15, 0.2) is 0 Å². The first-order valence-corrected chi connectivity index (χ1v) is 5.05. The van der Waals surface area contributed by atoms with Crippen LogP contribution in [0.3, 0.4) is 0 Å². The molecular weight excluding hydrogens is 300 g/mol. The topological polar surface area (TPSA) is 52.3 Å². The van der Waals surface area contributed by atoms with Gasteiger partial charge >= 0.3 is 5.97 Å². The molecule has 3 nitrogen and oxygen atoms in total. The fourth-order valence-electron chi connectivity index (χ4n) is 1.23. The average Bonchev–Trinajstić information content (AvgIpc) is 2.21. The smallest absolute Gasteiger partial charge is 0.327 e. The lowest BCUT2D eigenvalue weighted by molar-refractivity contribution is -0.142. The second-order valence-electron chi connectivity index (χ2n) is 3.13. The van der Waals surface area contributed by atoms with Crippen LogP contribution >= 0.6 is 28.3 Å². The number of hydrogen-bond acceptors (Lipinski definition) is 3. The molecule has 0 aliphatic heterocycles. The maximum Gasteiger partial charge on any atom is 0.327 e. The van der Waals surface area contributed by atoms with Crippen LogP contribution in [0.15, 0.2) is 16.6 Å². The zero-order chi connectivity index (χ0) is 11.6. The monoisotopic (exact) mass is 311 g/mol. The number of carbonyl (C=O) groups is 1. The number of ether oxygens (including phenoxy) is 1. The zero-order valence-electron chi connectivity index (χ0n) is 8.79. The predicted octanol–water partition coefficient (Wildman–Crippen LogP) is 2.49. The summed E-state index contributed by atoms with van der Waals surface area (Å²) in [6, 6.07) is 2.00. The average molecular weight is 313 g/mol. The fourth-order valence-corrected chi connectivity index (χ4v) is 1.82. The first kappa shape index (κ1) is 15.3. The van der Waals surface area contributed by atoms with Gasteiger partial charge in [0.25, 0.3) is 0 Å². The number of hydrogen-bond donors (Lipinski definition) is 1. The Labute approximate surface area is 108 Å². The number of methoxy groups -OCH3 is 1. The molecule has 90 valence electrons. The third kappa shape index (κ3) is 3.17. The molecule has 16 heavy (non-hydrogen) atoms. The molecule has 1 aromatic rings. The summed E-state index contributed by atoms with van der Waals surface area (Å²) in [6.45, 7) is 1.60. The van der Waals surface area contributed by atoms with E-state index in [0.29, 0.717) is 10.0 Å². The summed E-state index contributed by atoms with van der Waals surface area (Å²) in [5.74, 6) is -1.14. The van der Waals surface area contributed by atoms with Gasteiger partial charge in [0, 0.05) is 10.0 Å². The molecule has 0 aliphatic carbocycles. The van der Waals surface area contributed by atoms with Crippen LogP contribution in [0.25, 0.3) is 0 Å². The lowest BCUT2D eigenvalue weighted by Crippen LogP contribution is -2.24. The summed E-state index contributed by atoms with van der Waals surface area (Å²) in [4.78, 5) is 11.2. The van der Waals surface area contributed by atoms with Gasteiger partial charge in [-0.3, -0.25) is 4.79 Å². The van der Waals surface area contributed by atoms with Crippen LogP contribution in [0, 0.1) is 12.7 Å². The molecule has 0 saturated heterocycles. The number of benzene rings is 1. The van der Waals surface area contributed by atoms with Gasteiger partial charge in [-0.15, -0.1) is 12.4 Å². The van der Waals surface area contributed by atoms with E-state index in [1.807, 2.05) is 0 Å². The van der Waals surface area contributed by atoms with E-state index < -0.39 is 17.8 Å². The molecule has 0 spiro atoms. The predicted molar refractivity (Wildman–Crippen MR) is 65.0 cm³/mol. The van der Waals surface area contributed by atoms with Crippen molar-refractivity contribution in [2.24, 2.45) is 5.73 Å². The molecule has 0 unspecified atom stereocenters. The van der Waals surface area contributed by atoms with E-state index in [4.69, 9.17) is 5.73 Å². The van der Waals surface area contributed by atoms with Crippen molar-refractivity contribution in [2.75, 3.05) is 7.11 Å². The molecule has 6 heteroatoms. The van der Waals surface area contributed by atoms with Gasteiger partial charge in [-0.2, -0.15) is 0 Å². The molecule has 0 saturated carbocycles. The van der Waals surface area contributed by atoms with E-state index in [1.165, 1.54) is 13.2 Å². The molecule has 0 amide bonds. The number of carbonyl (C=O) groups excluding carboxylic acids is 1. The van der Waals surface area contributed by atoms with Crippen molar-refractivity contribution < 1.29 is 13.9 Å². The summed E-state index contributed by atoms with van der Waals surface area (Å²) in [5, 5.41) is 0. The largest absolute Gasteiger partial charge is 0.468 e. The molecule has 1 rings (SSSR count). The highest BCUT2D eigenvalue weighted by Gasteiger charge is 2.21. The van der Waals surface area contributed by atoms with E-state index in [2.05, 4.69) is 20.7 Å². The Hall–Kier alpha value is -0.650. The fraction of sp³-hybridized carbons (Fsp3) is 0.300. The van der Waals surface area contributed by atoms with Crippen LogP contribution in [0.4, 0.5) is 4.39 Å². The van der Waals surface area contributed by atoms with Crippen molar-refractivity contribution in [1.82, 2.24) is 0 Å². The summed E-state index contributed by atoms with van der Waals surface area (Å²) < 4.78 is 18.8. The molecular formula is C10H12BrClFNO2. The van der Waals surface area contributed by atoms with Crippen LogP contribution in [0.5, 0.6) is 0 Å². The van der Waals surface area contributed by atoms with Gasteiger partial charge in [-0.1, -0.05) is 15.9 Å². The first-order valence-electron chi connectivity index (χ1n) is 4.26. The second-order valence-corrected chi connectivity index (χ2v) is 4.04. The molecule has 1 aromatic carbocycles. The SMILES string of the molecule is COC(=O)[C@H](N)c1cc(Br)cc(C)c1F.Cl. The van der Waals surface area contributed by atoms with E-state index in [9.17, 15) is 9.18 Å². The van der Waals surface area contributed by atoms with Gasteiger partial charge in [-0.25, -0.2) is 4.39 Å². The number of nitrogens with two attached hydrogens (primary N) is 1. The maximum atomic E-state index is 13.6. The molecule has 0 heterocycles. The molecule has 0 bridgehead atoms. The molecule has 1 atom stereocenters. The minimum absolute atomic E-state index is 0. The van der Waals surface area contributed by atoms with Crippen LogP contribution < -0.4 is 5.73 Å². The van der Waals surface area contributed by atoms with E-state index in [-0.39, 0.29) is 18.0 Å². The van der Waals surface area contributed by atoms with Crippen LogP contribution in [0.2, 0.25) is 0 Å². The minimum Gasteiger partial charge on any atom is -0.468 e. The summed E-state index contributed by atoms with van der Waals surface area (Å²) in [5.41, 5.74) is 6.11. The minimum atomic E-state index is -1.09.